The number of halogens is 1. The van der Waals surface area contributed by atoms with Crippen LogP contribution in [-0.2, 0) is 4.74 Å². The first-order chi connectivity index (χ1) is 7.66. The van der Waals surface area contributed by atoms with E-state index >= 15 is 0 Å². The van der Waals surface area contributed by atoms with Crippen molar-refractivity contribution in [3.8, 4) is 5.75 Å². The Morgan fingerprint density at radius 1 is 1.44 bits per heavy atom. The van der Waals surface area contributed by atoms with Crippen LogP contribution in [0.1, 0.15) is 17.3 Å². The third kappa shape index (κ3) is 3.20. The van der Waals surface area contributed by atoms with Crippen molar-refractivity contribution >= 4 is 5.91 Å². The standard InChI is InChI=1S/C11H14FNO3/c1-2-15-6-7-16-9-5-3-4-8(12)10(9)11(13)14/h3-5H,2,6-7H2,1H3,(H2,13,14). The molecule has 1 amide bonds. The van der Waals surface area contributed by atoms with E-state index in [0.717, 1.165) is 6.07 Å². The second-order valence-corrected chi connectivity index (χ2v) is 3.02. The average molecular weight is 227 g/mol. The molecular weight excluding hydrogens is 213 g/mol. The Morgan fingerprint density at radius 2 is 2.19 bits per heavy atom. The Hall–Kier alpha value is -1.62. The van der Waals surface area contributed by atoms with Gasteiger partial charge in [-0.2, -0.15) is 0 Å². The summed E-state index contributed by atoms with van der Waals surface area (Å²) in [7, 11) is 0. The smallest absolute Gasteiger partial charge is 0.255 e. The Balaban J connectivity index is 2.71. The molecule has 0 aliphatic heterocycles. The Bertz CT molecular complexity index is 368. The summed E-state index contributed by atoms with van der Waals surface area (Å²) >= 11 is 0. The van der Waals surface area contributed by atoms with Gasteiger partial charge in [0.15, 0.2) is 0 Å². The summed E-state index contributed by atoms with van der Waals surface area (Å²) in [5.41, 5.74) is 4.83. The number of ether oxygens (including phenoxy) is 2. The van der Waals surface area contributed by atoms with E-state index in [4.69, 9.17) is 15.2 Å². The molecule has 0 atom stereocenters. The van der Waals surface area contributed by atoms with Gasteiger partial charge in [-0.25, -0.2) is 4.39 Å². The maximum absolute atomic E-state index is 13.3. The van der Waals surface area contributed by atoms with Crippen molar-refractivity contribution in [1.29, 1.82) is 0 Å². The molecule has 0 bridgehead atoms. The van der Waals surface area contributed by atoms with Crippen LogP contribution in [0.15, 0.2) is 18.2 Å². The van der Waals surface area contributed by atoms with Crippen molar-refractivity contribution in [2.75, 3.05) is 19.8 Å². The first-order valence-corrected chi connectivity index (χ1v) is 4.95. The maximum atomic E-state index is 13.3. The molecule has 1 aromatic rings. The topological polar surface area (TPSA) is 61.6 Å². The number of benzene rings is 1. The number of carbonyl (C=O) groups excluding carboxylic acids is 1. The Kier molecular flexibility index (Phi) is 4.72. The molecule has 0 aliphatic rings. The van der Waals surface area contributed by atoms with Crippen molar-refractivity contribution in [1.82, 2.24) is 0 Å². The fraction of sp³-hybridized carbons (Fsp3) is 0.364. The van der Waals surface area contributed by atoms with Crippen molar-refractivity contribution < 1.29 is 18.7 Å². The van der Waals surface area contributed by atoms with Crippen LogP contribution in [0.3, 0.4) is 0 Å². The van der Waals surface area contributed by atoms with Crippen LogP contribution in [-0.4, -0.2) is 25.7 Å². The van der Waals surface area contributed by atoms with Crippen LogP contribution >= 0.6 is 0 Å². The van der Waals surface area contributed by atoms with E-state index in [1.807, 2.05) is 6.92 Å². The number of rotatable bonds is 6. The molecule has 1 aromatic carbocycles. The van der Waals surface area contributed by atoms with Crippen LogP contribution in [0.5, 0.6) is 5.75 Å². The minimum absolute atomic E-state index is 0.146. The number of primary amides is 1. The number of nitrogens with two attached hydrogens (primary N) is 1. The molecule has 0 radical (unpaired) electrons. The molecule has 16 heavy (non-hydrogen) atoms. The number of hydrogen-bond acceptors (Lipinski definition) is 3. The zero-order chi connectivity index (χ0) is 12.0. The van der Waals surface area contributed by atoms with Gasteiger partial charge in [0.05, 0.1) is 6.61 Å². The van der Waals surface area contributed by atoms with Crippen molar-refractivity contribution in [3.63, 3.8) is 0 Å². The summed E-state index contributed by atoms with van der Waals surface area (Å²) in [6, 6.07) is 4.11. The molecule has 0 fully saturated rings. The molecule has 1 rings (SSSR count). The molecule has 0 heterocycles. The predicted molar refractivity (Wildman–Crippen MR) is 56.9 cm³/mol. The lowest BCUT2D eigenvalue weighted by molar-refractivity contribution is 0.0974. The van der Waals surface area contributed by atoms with E-state index in [2.05, 4.69) is 0 Å². The average Bonchev–Trinajstić information content (AvgIpc) is 2.24. The fourth-order valence-electron chi connectivity index (χ4n) is 1.22. The largest absolute Gasteiger partial charge is 0.490 e. The van der Waals surface area contributed by atoms with Gasteiger partial charge in [-0.3, -0.25) is 4.79 Å². The van der Waals surface area contributed by atoms with Crippen LogP contribution < -0.4 is 10.5 Å². The van der Waals surface area contributed by atoms with E-state index in [0.29, 0.717) is 13.2 Å². The molecule has 2 N–H and O–H groups in total. The van der Waals surface area contributed by atoms with Crippen LogP contribution in [0.25, 0.3) is 0 Å². The highest BCUT2D eigenvalue weighted by atomic mass is 19.1. The Labute approximate surface area is 93.2 Å². The summed E-state index contributed by atoms with van der Waals surface area (Å²) < 4.78 is 23.5. The highest BCUT2D eigenvalue weighted by Gasteiger charge is 2.14. The third-order valence-electron chi connectivity index (χ3n) is 1.91. The molecule has 4 nitrogen and oxygen atoms in total. The predicted octanol–water partition coefficient (Wildman–Crippen LogP) is 1.34. The number of hydrogen-bond donors (Lipinski definition) is 1. The molecule has 0 spiro atoms. The van der Waals surface area contributed by atoms with Gasteiger partial charge < -0.3 is 15.2 Å². The molecule has 0 aromatic heterocycles. The van der Waals surface area contributed by atoms with E-state index < -0.39 is 11.7 Å². The SMILES string of the molecule is CCOCCOc1cccc(F)c1C(N)=O. The third-order valence-corrected chi connectivity index (χ3v) is 1.91. The van der Waals surface area contributed by atoms with Gasteiger partial charge in [0.2, 0.25) is 0 Å². The van der Waals surface area contributed by atoms with Crippen LogP contribution in [0.2, 0.25) is 0 Å². The van der Waals surface area contributed by atoms with Crippen molar-refractivity contribution in [2.24, 2.45) is 5.73 Å². The molecule has 0 aliphatic carbocycles. The summed E-state index contributed by atoms with van der Waals surface area (Å²) in [4.78, 5) is 11.0. The van der Waals surface area contributed by atoms with Gasteiger partial charge in [0.25, 0.3) is 5.91 Å². The van der Waals surface area contributed by atoms with E-state index in [-0.39, 0.29) is 17.9 Å². The molecule has 0 saturated carbocycles. The van der Waals surface area contributed by atoms with Crippen molar-refractivity contribution in [3.05, 3.63) is 29.6 Å². The number of amides is 1. The maximum Gasteiger partial charge on any atom is 0.255 e. The zero-order valence-corrected chi connectivity index (χ0v) is 9.03. The lowest BCUT2D eigenvalue weighted by Gasteiger charge is -2.09. The quantitative estimate of drug-likeness (QED) is 0.746. The molecule has 88 valence electrons. The molecule has 0 unspecified atom stereocenters. The first kappa shape index (κ1) is 12.4. The normalized spacial score (nSPS) is 10.1. The van der Waals surface area contributed by atoms with Gasteiger partial charge in [0.1, 0.15) is 23.7 Å². The lowest BCUT2D eigenvalue weighted by atomic mass is 10.2. The molecular formula is C11H14FNO3. The monoisotopic (exact) mass is 227 g/mol. The van der Waals surface area contributed by atoms with Gasteiger partial charge in [-0.1, -0.05) is 6.07 Å². The van der Waals surface area contributed by atoms with E-state index in [1.54, 1.807) is 0 Å². The second-order valence-electron chi connectivity index (χ2n) is 3.02. The number of carbonyl (C=O) groups is 1. The zero-order valence-electron chi connectivity index (χ0n) is 9.03. The van der Waals surface area contributed by atoms with Gasteiger partial charge >= 0.3 is 0 Å². The second kappa shape index (κ2) is 6.07. The Morgan fingerprint density at radius 3 is 2.81 bits per heavy atom. The van der Waals surface area contributed by atoms with Crippen molar-refractivity contribution in [2.45, 2.75) is 6.92 Å². The highest BCUT2D eigenvalue weighted by molar-refractivity contribution is 5.95. The molecule has 5 heteroatoms. The minimum atomic E-state index is -0.843. The minimum Gasteiger partial charge on any atom is -0.490 e. The van der Waals surface area contributed by atoms with Gasteiger partial charge in [0, 0.05) is 6.61 Å². The van der Waals surface area contributed by atoms with Gasteiger partial charge in [-0.05, 0) is 19.1 Å². The summed E-state index contributed by atoms with van der Waals surface area (Å²) in [5, 5.41) is 0. The lowest BCUT2D eigenvalue weighted by Crippen LogP contribution is -2.16. The summed E-state index contributed by atoms with van der Waals surface area (Å²) in [6.45, 7) is 3.06. The fourth-order valence-corrected chi connectivity index (χ4v) is 1.22. The summed E-state index contributed by atoms with van der Waals surface area (Å²) in [6.07, 6.45) is 0. The van der Waals surface area contributed by atoms with Gasteiger partial charge in [-0.15, -0.1) is 0 Å². The first-order valence-electron chi connectivity index (χ1n) is 4.95. The molecule has 0 saturated heterocycles. The van der Waals surface area contributed by atoms with Crippen LogP contribution in [0, 0.1) is 5.82 Å². The highest BCUT2D eigenvalue weighted by Crippen LogP contribution is 2.20. The summed E-state index contributed by atoms with van der Waals surface area (Å²) in [5.74, 6) is -1.38. The van der Waals surface area contributed by atoms with Crippen LogP contribution in [0.4, 0.5) is 4.39 Å². The van der Waals surface area contributed by atoms with E-state index in [1.165, 1.54) is 12.1 Å². The van der Waals surface area contributed by atoms with E-state index in [9.17, 15) is 9.18 Å².